The fourth-order valence-electron chi connectivity index (χ4n) is 3.95. The van der Waals surface area contributed by atoms with Crippen LogP contribution in [0.3, 0.4) is 0 Å². The van der Waals surface area contributed by atoms with Crippen LogP contribution < -0.4 is 4.90 Å². The molecule has 0 radical (unpaired) electrons. The number of fused-ring (bicyclic) bond motifs is 1. The van der Waals surface area contributed by atoms with E-state index in [0.29, 0.717) is 28.1 Å². The zero-order chi connectivity index (χ0) is 23.1. The number of halogens is 1. The molecule has 1 aromatic carbocycles. The van der Waals surface area contributed by atoms with Gasteiger partial charge in [-0.15, -0.1) is 0 Å². The maximum absolute atomic E-state index is 14.3. The van der Waals surface area contributed by atoms with Crippen LogP contribution in [0.1, 0.15) is 43.7 Å². The Kier molecular flexibility index (Phi) is 5.16. The number of nitrogens with zero attached hydrogens (tertiary/aromatic N) is 6. The molecular formula is C24H21FN6O2. The maximum Gasteiger partial charge on any atom is 0.231 e. The summed E-state index contributed by atoms with van der Waals surface area (Å²) in [5.74, 6) is -0.358. The molecule has 5 rings (SSSR count). The van der Waals surface area contributed by atoms with Crippen LogP contribution in [-0.2, 0) is 16.1 Å². The minimum absolute atomic E-state index is 0.181. The molecule has 1 aliphatic carbocycles. The van der Waals surface area contributed by atoms with E-state index >= 15 is 0 Å². The Morgan fingerprint density at radius 3 is 2.55 bits per heavy atom. The van der Waals surface area contributed by atoms with Gasteiger partial charge in [0.05, 0.1) is 11.9 Å². The van der Waals surface area contributed by atoms with E-state index in [1.54, 1.807) is 41.3 Å². The Labute approximate surface area is 189 Å². The summed E-state index contributed by atoms with van der Waals surface area (Å²) in [5.41, 5.74) is 2.26. The first-order valence-corrected chi connectivity index (χ1v) is 10.7. The van der Waals surface area contributed by atoms with Gasteiger partial charge >= 0.3 is 0 Å². The summed E-state index contributed by atoms with van der Waals surface area (Å²) < 4.78 is 15.9. The highest BCUT2D eigenvalue weighted by Gasteiger charge is 2.32. The van der Waals surface area contributed by atoms with Crippen molar-refractivity contribution in [2.75, 3.05) is 4.90 Å². The third kappa shape index (κ3) is 3.86. The van der Waals surface area contributed by atoms with Crippen LogP contribution >= 0.6 is 0 Å². The summed E-state index contributed by atoms with van der Waals surface area (Å²) in [6.07, 6.45) is 5.24. The summed E-state index contributed by atoms with van der Waals surface area (Å²) >= 11 is 0. The molecule has 2 amide bonds. The second-order valence-corrected chi connectivity index (χ2v) is 8.09. The van der Waals surface area contributed by atoms with Gasteiger partial charge in [-0.3, -0.25) is 9.59 Å². The van der Waals surface area contributed by atoms with Gasteiger partial charge in [-0.25, -0.2) is 28.9 Å². The number of hydrogen-bond acceptors (Lipinski definition) is 6. The Morgan fingerprint density at radius 2 is 1.85 bits per heavy atom. The van der Waals surface area contributed by atoms with E-state index < -0.39 is 11.8 Å². The first-order valence-electron chi connectivity index (χ1n) is 10.7. The van der Waals surface area contributed by atoms with Gasteiger partial charge in [-0.1, -0.05) is 18.2 Å². The van der Waals surface area contributed by atoms with E-state index in [4.69, 9.17) is 0 Å². The van der Waals surface area contributed by atoms with Crippen molar-refractivity contribution in [1.82, 2.24) is 24.7 Å². The molecule has 0 unspecified atom stereocenters. The summed E-state index contributed by atoms with van der Waals surface area (Å²) in [5, 5.41) is 5.34. The molecule has 4 aromatic rings. The molecule has 166 valence electrons. The lowest BCUT2D eigenvalue weighted by Gasteiger charge is -2.19. The van der Waals surface area contributed by atoms with Crippen LogP contribution in [0.25, 0.3) is 22.6 Å². The number of aromatic nitrogens is 5. The first kappa shape index (κ1) is 20.9. The number of hydrogen-bond donors (Lipinski definition) is 0. The lowest BCUT2D eigenvalue weighted by atomic mass is 10.1. The number of carbonyl (C=O) groups excluding carboxylic acids is 2. The van der Waals surface area contributed by atoms with Crippen LogP contribution in [0.15, 0.2) is 48.8 Å². The maximum atomic E-state index is 14.3. The lowest BCUT2D eigenvalue weighted by molar-refractivity contribution is -0.124. The average Bonchev–Trinajstić information content (AvgIpc) is 3.57. The van der Waals surface area contributed by atoms with Crippen molar-refractivity contribution < 1.29 is 14.0 Å². The fourth-order valence-corrected chi connectivity index (χ4v) is 3.95. The van der Waals surface area contributed by atoms with E-state index in [0.717, 1.165) is 23.3 Å². The SMILES string of the molecule is CC(=O)N(C(C)=O)c1nc(-c2nn(Cc3ccccc3F)c3ncccc23)ncc1C1CC1. The molecule has 0 N–H and O–H groups in total. The lowest BCUT2D eigenvalue weighted by Crippen LogP contribution is -2.34. The van der Waals surface area contributed by atoms with Gasteiger partial charge in [-0.05, 0) is 37.0 Å². The molecule has 8 nitrogen and oxygen atoms in total. The van der Waals surface area contributed by atoms with Gasteiger partial charge in [0, 0.05) is 37.4 Å². The molecule has 0 spiro atoms. The van der Waals surface area contributed by atoms with Crippen molar-refractivity contribution in [2.45, 2.75) is 39.2 Å². The fraction of sp³-hybridized carbons (Fsp3) is 0.250. The molecule has 0 bridgehead atoms. The Balaban J connectivity index is 1.65. The highest BCUT2D eigenvalue weighted by molar-refractivity contribution is 6.13. The number of carbonyl (C=O) groups is 2. The normalized spacial score (nSPS) is 13.3. The molecule has 0 aliphatic heterocycles. The largest absolute Gasteiger partial charge is 0.274 e. The third-order valence-corrected chi connectivity index (χ3v) is 5.65. The molecule has 3 aromatic heterocycles. The second-order valence-electron chi connectivity index (χ2n) is 8.09. The zero-order valence-corrected chi connectivity index (χ0v) is 18.2. The average molecular weight is 444 g/mol. The monoisotopic (exact) mass is 444 g/mol. The molecule has 3 heterocycles. The van der Waals surface area contributed by atoms with Crippen molar-refractivity contribution in [2.24, 2.45) is 0 Å². The molecule has 1 fully saturated rings. The van der Waals surface area contributed by atoms with Crippen LogP contribution in [0.5, 0.6) is 0 Å². The molecular weight excluding hydrogens is 423 g/mol. The number of pyridine rings is 1. The zero-order valence-electron chi connectivity index (χ0n) is 18.2. The number of amides is 2. The number of anilines is 1. The van der Waals surface area contributed by atoms with Crippen molar-refractivity contribution >= 4 is 28.7 Å². The van der Waals surface area contributed by atoms with Crippen molar-refractivity contribution in [1.29, 1.82) is 0 Å². The summed E-state index contributed by atoms with van der Waals surface area (Å²) in [6, 6.07) is 10.1. The molecule has 0 atom stereocenters. The van der Waals surface area contributed by atoms with Gasteiger partial charge in [0.25, 0.3) is 0 Å². The Morgan fingerprint density at radius 1 is 1.09 bits per heavy atom. The minimum Gasteiger partial charge on any atom is -0.274 e. The predicted molar refractivity (Wildman–Crippen MR) is 120 cm³/mol. The van der Waals surface area contributed by atoms with Crippen LogP contribution in [0.4, 0.5) is 10.2 Å². The summed E-state index contributed by atoms with van der Waals surface area (Å²) in [6.45, 7) is 2.85. The second kappa shape index (κ2) is 8.16. The van der Waals surface area contributed by atoms with Crippen molar-refractivity contribution in [3.8, 4) is 11.5 Å². The highest BCUT2D eigenvalue weighted by atomic mass is 19.1. The quantitative estimate of drug-likeness (QED) is 0.464. The number of benzene rings is 1. The third-order valence-electron chi connectivity index (χ3n) is 5.65. The number of imide groups is 1. The van der Waals surface area contributed by atoms with E-state index in [-0.39, 0.29) is 24.1 Å². The highest BCUT2D eigenvalue weighted by Crippen LogP contribution is 2.44. The first-order chi connectivity index (χ1) is 15.9. The van der Waals surface area contributed by atoms with E-state index in [1.165, 1.54) is 19.9 Å². The molecule has 9 heteroatoms. The smallest absolute Gasteiger partial charge is 0.231 e. The Bertz CT molecular complexity index is 1380. The van der Waals surface area contributed by atoms with E-state index in [1.807, 2.05) is 6.07 Å². The molecule has 1 saturated carbocycles. The van der Waals surface area contributed by atoms with Gasteiger partial charge in [0.2, 0.25) is 11.8 Å². The van der Waals surface area contributed by atoms with Crippen molar-refractivity contribution in [3.05, 3.63) is 65.7 Å². The van der Waals surface area contributed by atoms with Gasteiger partial charge < -0.3 is 0 Å². The van der Waals surface area contributed by atoms with Crippen LogP contribution in [0, 0.1) is 5.82 Å². The van der Waals surface area contributed by atoms with E-state index in [9.17, 15) is 14.0 Å². The molecule has 1 aliphatic rings. The minimum atomic E-state index is -0.411. The standard InChI is InChI=1S/C24H21FN6O2/c1-14(32)31(15(2)33)24-19(16-9-10-16)12-27-22(28-24)21-18-7-5-11-26-23(18)30(29-21)13-17-6-3-4-8-20(17)25/h3-8,11-12,16H,9-10,13H2,1-2H3. The van der Waals surface area contributed by atoms with Crippen LogP contribution in [0.2, 0.25) is 0 Å². The Hall–Kier alpha value is -4.01. The van der Waals surface area contributed by atoms with E-state index in [2.05, 4.69) is 20.1 Å². The van der Waals surface area contributed by atoms with Gasteiger partial charge in [0.15, 0.2) is 11.5 Å². The topological polar surface area (TPSA) is 93.9 Å². The molecule has 0 saturated heterocycles. The predicted octanol–water partition coefficient (Wildman–Crippen LogP) is 3.85. The van der Waals surface area contributed by atoms with Crippen LogP contribution in [-0.4, -0.2) is 36.5 Å². The molecule has 33 heavy (non-hydrogen) atoms. The summed E-state index contributed by atoms with van der Waals surface area (Å²) in [4.78, 5) is 39.2. The van der Waals surface area contributed by atoms with Crippen molar-refractivity contribution in [3.63, 3.8) is 0 Å². The summed E-state index contributed by atoms with van der Waals surface area (Å²) in [7, 11) is 0. The van der Waals surface area contributed by atoms with Gasteiger partial charge in [0.1, 0.15) is 17.3 Å². The van der Waals surface area contributed by atoms with Gasteiger partial charge in [-0.2, -0.15) is 5.10 Å². The number of rotatable bonds is 5.